The van der Waals surface area contributed by atoms with Crippen LogP contribution in [-0.2, 0) is 38.6 Å². The number of carbonyl (C=O) groups excluding carboxylic acids is 2. The summed E-state index contributed by atoms with van der Waals surface area (Å²) in [5, 5.41) is 19.3. The van der Waals surface area contributed by atoms with Gasteiger partial charge in [0.1, 0.15) is 29.4 Å². The van der Waals surface area contributed by atoms with Crippen LogP contribution in [0, 0.1) is 34.9 Å². The Bertz CT molecular complexity index is 7770. The Labute approximate surface area is 847 Å². The molecule has 18 aromatic rings. The quantitative estimate of drug-likeness (QED) is 0.0545. The number of carboxylic acid groups (broad SMARTS) is 2. The Morgan fingerprint density at radius 3 is 0.925 bits per heavy atom. The first kappa shape index (κ1) is 96.5. The number of esters is 2. The molecular formula is C126H98F6N6O9. The molecule has 1 atom stereocenters. The normalized spacial score (nSPS) is 13.9. The number of rotatable bonds is 11. The molecular weight excluding hydrogens is 1860 g/mol. The molecule has 2 N–H and O–H groups in total. The van der Waals surface area contributed by atoms with E-state index in [1.54, 1.807) is 54.6 Å². The van der Waals surface area contributed by atoms with E-state index in [1.165, 1.54) is 85.6 Å². The number of hydrogen-bond donors (Lipinski definition) is 2. The number of benzene rings is 18. The number of anilines is 13. The minimum Gasteiger partial charge on any atom is -0.497 e. The van der Waals surface area contributed by atoms with E-state index in [2.05, 4.69) is 210 Å². The summed E-state index contributed by atoms with van der Waals surface area (Å²) in [6.45, 7) is 0.710. The van der Waals surface area contributed by atoms with E-state index in [0.29, 0.717) is 58.4 Å². The third-order valence-corrected chi connectivity index (χ3v) is 28.2. The third-order valence-electron chi connectivity index (χ3n) is 28.2. The molecule has 21 heteroatoms. The van der Waals surface area contributed by atoms with Gasteiger partial charge in [-0.05, 0) is 210 Å². The molecule has 25 rings (SSSR count). The first-order valence-electron chi connectivity index (χ1n) is 48.2. The monoisotopic (exact) mass is 1950 g/mol. The van der Waals surface area contributed by atoms with Gasteiger partial charge in [-0.25, -0.2) is 17.6 Å². The molecule has 0 saturated carbocycles. The average molecular weight is 1950 g/mol. The molecule has 0 fully saturated rings. The Morgan fingerprint density at radius 1 is 0.272 bits per heavy atom. The standard InChI is InChI=1S/C33H25N.C22H16F3NO3.C21H14F3NO2.C21H17NO2.C15H13NO2.C14H13N/c1-2-14-25(15-3-1)34-30-20-10-8-18-28(30)33(29-19-9-11-21-31(29)34)32-26-16-6-4-12-23(26)22-24-13-5-7-17-27(24)32;1-26-17-6-4-3-5-13(17)19(14-8-7-12(28-2)11-18(14)26)22(27)29-21-16(24)10-9-15(23)20(21)25;1-25-16-8-4-2-6-12(16)18(13-7-3-5-9-17(13)25)21(26)27-20-15(23)11-10-14(22)19(20)24;23-21(24)20-16-10-4-6-12-18(16)22(14-15-8-2-1-3-9-15)19-13-7-5-11-17(19)20;1-16-12-8-4-2-6-10(12)14(15(17)18)11-7-3-5-9-13(11)16;1-15-13-8-4-2-6-11(13)10-12-7-3-5-9-14(12)15/h1-21,32-33H,22H2;3-11,19H,1-2H3;2-11,18H,1H3;1-13,20H,14H2,(H,23,24);2-9,14H,1H3,(H,17,18);2-9H,10H2,1H3. The molecule has 15 nitrogen and oxygen atoms in total. The molecule has 7 aliphatic rings. The SMILES string of the molecule is CN1c2ccccc2C(C(=O)O)c2ccccc21.CN1c2ccccc2C(C(=O)Oc2c(F)ccc(F)c2F)c2ccccc21.CN1c2ccccc2Cc2ccccc21.COc1ccc2c(c1)N(C)c1ccccc1C2C(=O)Oc1c(F)ccc(F)c1F.O=C(O)C1c2ccccc2N(Cc2ccccc2)c2ccccc21.c1ccc(N2c3ccccc3C(C3c4ccccc4Cc4ccccc43)c3ccccc32)cc1. The van der Waals surface area contributed by atoms with Crippen molar-refractivity contribution >= 4 is 97.8 Å². The molecule has 18 aromatic carbocycles. The zero-order valence-electron chi connectivity index (χ0n) is 80.6. The van der Waals surface area contributed by atoms with E-state index in [0.717, 1.165) is 81.0 Å². The van der Waals surface area contributed by atoms with Gasteiger partial charge >= 0.3 is 23.9 Å². The number of ether oxygens (including phenoxy) is 3. The minimum atomic E-state index is -1.55. The molecule has 0 amide bonds. The van der Waals surface area contributed by atoms with E-state index in [1.807, 2.05) is 188 Å². The number of carbonyl (C=O) groups is 4. The summed E-state index contributed by atoms with van der Waals surface area (Å²) < 4.78 is 98.1. The molecule has 728 valence electrons. The fraction of sp³-hybridized carbons (Fsp3) is 0.111. The second-order valence-electron chi connectivity index (χ2n) is 36.5. The molecule has 0 bridgehead atoms. The number of nitrogens with zero attached hydrogens (tertiary/aromatic N) is 6. The lowest BCUT2D eigenvalue weighted by Gasteiger charge is -2.42. The zero-order chi connectivity index (χ0) is 102. The van der Waals surface area contributed by atoms with Gasteiger partial charge in [-0.2, -0.15) is 8.78 Å². The predicted octanol–water partition coefficient (Wildman–Crippen LogP) is 29.1. The van der Waals surface area contributed by atoms with Crippen molar-refractivity contribution in [1.29, 1.82) is 0 Å². The largest absolute Gasteiger partial charge is 0.497 e. The average Bonchev–Trinajstić information content (AvgIpc) is 0.725. The molecule has 1 unspecified atom stereocenters. The highest BCUT2D eigenvalue weighted by atomic mass is 19.2. The Hall–Kier alpha value is -18.0. The Kier molecular flexibility index (Phi) is 27.5. The van der Waals surface area contributed by atoms with Gasteiger partial charge in [0.15, 0.2) is 23.3 Å². The van der Waals surface area contributed by atoms with Crippen molar-refractivity contribution in [2.45, 2.75) is 54.9 Å². The van der Waals surface area contributed by atoms with Crippen LogP contribution in [0.25, 0.3) is 0 Å². The van der Waals surface area contributed by atoms with Crippen LogP contribution in [0.1, 0.15) is 130 Å². The smallest absolute Gasteiger partial charge is 0.323 e. The van der Waals surface area contributed by atoms with Gasteiger partial charge in [-0.1, -0.05) is 303 Å². The van der Waals surface area contributed by atoms with Gasteiger partial charge in [-0.15, -0.1) is 0 Å². The second kappa shape index (κ2) is 41.9. The van der Waals surface area contributed by atoms with Crippen molar-refractivity contribution in [3.8, 4) is 17.2 Å². The number of methoxy groups -OCH3 is 1. The number of carboxylic acids is 2. The molecule has 1 aliphatic carbocycles. The number of hydrogen-bond acceptors (Lipinski definition) is 13. The van der Waals surface area contributed by atoms with Crippen LogP contribution in [0.5, 0.6) is 17.2 Å². The van der Waals surface area contributed by atoms with E-state index in [-0.39, 0.29) is 11.8 Å². The van der Waals surface area contributed by atoms with Crippen molar-refractivity contribution in [1.82, 2.24) is 0 Å². The maximum absolute atomic E-state index is 14.0. The highest BCUT2D eigenvalue weighted by molar-refractivity contribution is 5.96. The molecule has 0 spiro atoms. The number of halogens is 6. The van der Waals surface area contributed by atoms with Crippen LogP contribution in [-0.4, -0.2) is 69.4 Å². The summed E-state index contributed by atoms with van der Waals surface area (Å²) in [6, 6.07) is 135. The summed E-state index contributed by atoms with van der Waals surface area (Å²) in [6.07, 6.45) is 2.06. The summed E-state index contributed by atoms with van der Waals surface area (Å²) in [7, 11) is 9.34. The summed E-state index contributed by atoms with van der Waals surface area (Å²) in [5.74, 6) is -15.4. The highest BCUT2D eigenvalue weighted by Crippen LogP contribution is 2.58. The van der Waals surface area contributed by atoms with Crippen LogP contribution < -0.4 is 43.6 Å². The topological polar surface area (TPSA) is 156 Å². The van der Waals surface area contributed by atoms with Crippen molar-refractivity contribution in [3.63, 3.8) is 0 Å². The fourth-order valence-corrected chi connectivity index (χ4v) is 21.5. The Balaban J connectivity index is 0.000000109. The van der Waals surface area contributed by atoms with Gasteiger partial charge in [-0.3, -0.25) is 19.2 Å². The van der Waals surface area contributed by atoms with Crippen molar-refractivity contribution in [3.05, 3.63) is 548 Å². The number of fused-ring (bicyclic) bond motifs is 14. The van der Waals surface area contributed by atoms with Gasteiger partial charge in [0, 0.05) is 133 Å². The molecule has 0 saturated heterocycles. The van der Waals surface area contributed by atoms with Gasteiger partial charge in [0.25, 0.3) is 0 Å². The van der Waals surface area contributed by atoms with Gasteiger partial charge < -0.3 is 53.8 Å². The van der Waals surface area contributed by atoms with E-state index >= 15 is 0 Å². The first-order chi connectivity index (χ1) is 71.6. The summed E-state index contributed by atoms with van der Waals surface area (Å²) in [5.41, 5.74) is 31.7. The third kappa shape index (κ3) is 18.7. The Morgan fingerprint density at radius 2 is 0.544 bits per heavy atom. The maximum atomic E-state index is 14.0. The van der Waals surface area contributed by atoms with Crippen LogP contribution in [0.4, 0.5) is 100 Å². The molecule has 0 radical (unpaired) electrons. The maximum Gasteiger partial charge on any atom is 0.323 e. The second-order valence-corrected chi connectivity index (χ2v) is 36.5. The number of aliphatic carboxylic acids is 2. The molecule has 6 aliphatic heterocycles. The lowest BCUT2D eigenvalue weighted by atomic mass is 9.66. The molecule has 6 heterocycles. The minimum absolute atomic E-state index is 0.245. The van der Waals surface area contributed by atoms with E-state index < -0.39 is 94.0 Å². The van der Waals surface area contributed by atoms with Crippen LogP contribution >= 0.6 is 0 Å². The lowest BCUT2D eigenvalue weighted by molar-refractivity contribution is -0.138. The highest BCUT2D eigenvalue weighted by Gasteiger charge is 2.44. The molecule has 147 heavy (non-hydrogen) atoms. The van der Waals surface area contributed by atoms with E-state index in [9.17, 15) is 55.7 Å². The van der Waals surface area contributed by atoms with Gasteiger partial charge in [0.05, 0.1) is 7.11 Å². The van der Waals surface area contributed by atoms with Crippen molar-refractivity contribution < 1.29 is 69.9 Å². The fourth-order valence-electron chi connectivity index (χ4n) is 21.5. The van der Waals surface area contributed by atoms with Gasteiger partial charge in [0.2, 0.25) is 23.1 Å². The van der Waals surface area contributed by atoms with Crippen LogP contribution in [0.2, 0.25) is 0 Å². The van der Waals surface area contributed by atoms with Crippen molar-refractivity contribution in [2.24, 2.45) is 0 Å². The first-order valence-corrected chi connectivity index (χ1v) is 48.2. The molecule has 0 aromatic heterocycles. The summed E-state index contributed by atoms with van der Waals surface area (Å²) in [4.78, 5) is 62.2. The van der Waals surface area contributed by atoms with Crippen LogP contribution in [0.3, 0.4) is 0 Å². The van der Waals surface area contributed by atoms with Crippen molar-refractivity contribution in [2.75, 3.05) is 64.7 Å². The predicted molar refractivity (Wildman–Crippen MR) is 565 cm³/mol. The summed E-state index contributed by atoms with van der Waals surface area (Å²) >= 11 is 0. The van der Waals surface area contributed by atoms with E-state index in [4.69, 9.17) is 14.2 Å². The van der Waals surface area contributed by atoms with Crippen LogP contribution in [0.15, 0.2) is 419 Å². The lowest BCUT2D eigenvalue weighted by Crippen LogP contribution is -2.29. The zero-order valence-corrected chi connectivity index (χ0v) is 80.6. The number of para-hydroxylation sites is 12.